The largest absolute Gasteiger partial charge is 0.464 e. The van der Waals surface area contributed by atoms with Crippen LogP contribution in [0.4, 0.5) is 11.5 Å². The number of aryl methyl sites for hydroxylation is 2. The summed E-state index contributed by atoms with van der Waals surface area (Å²) in [6, 6.07) is 16.6. The lowest BCUT2D eigenvalue weighted by Gasteiger charge is -2.17. The lowest BCUT2D eigenvalue weighted by Crippen LogP contribution is -2.10. The number of nitrogens with one attached hydrogen (secondary N) is 2. The van der Waals surface area contributed by atoms with Crippen LogP contribution in [-0.2, 0) is 0 Å². The predicted molar refractivity (Wildman–Crippen MR) is 124 cm³/mol. The Kier molecular flexibility index (Phi) is 5.53. The number of hydrogen-bond acceptors (Lipinski definition) is 5. The van der Waals surface area contributed by atoms with Crippen molar-refractivity contribution in [1.82, 2.24) is 9.97 Å². The Hall–Kier alpha value is -3.60. The molecule has 0 spiro atoms. The van der Waals surface area contributed by atoms with E-state index in [9.17, 15) is 0 Å². The zero-order chi connectivity index (χ0) is 21.1. The lowest BCUT2D eigenvalue weighted by atomic mass is 10.1. The first kappa shape index (κ1) is 19.7. The number of hydrogen-bond donors (Lipinski definition) is 2. The second-order valence-electron chi connectivity index (χ2n) is 7.48. The first-order chi connectivity index (χ1) is 14.5. The van der Waals surface area contributed by atoms with Gasteiger partial charge in [-0.1, -0.05) is 18.2 Å². The fourth-order valence-electron chi connectivity index (χ4n) is 3.52. The van der Waals surface area contributed by atoms with E-state index in [0.717, 1.165) is 51.7 Å². The topological polar surface area (TPSA) is 63.0 Å². The molecule has 1 unspecified atom stereocenters. The van der Waals surface area contributed by atoms with Crippen LogP contribution in [0.2, 0.25) is 0 Å². The van der Waals surface area contributed by atoms with Gasteiger partial charge >= 0.3 is 0 Å². The normalized spacial score (nSPS) is 12.0. The minimum absolute atomic E-state index is 0.0937. The fraction of sp³-hybridized carbons (Fsp3) is 0.200. The molecule has 0 fully saturated rings. The summed E-state index contributed by atoms with van der Waals surface area (Å²) >= 11 is 0. The molecule has 0 aliphatic heterocycles. The van der Waals surface area contributed by atoms with Crippen molar-refractivity contribution in [2.24, 2.45) is 0 Å². The van der Waals surface area contributed by atoms with Crippen molar-refractivity contribution >= 4 is 22.5 Å². The maximum Gasteiger partial charge on any atom is 0.134 e. The molecule has 2 aromatic heterocycles. The number of rotatable bonds is 7. The molecule has 4 aromatic rings. The van der Waals surface area contributed by atoms with Gasteiger partial charge in [0.25, 0.3) is 0 Å². The van der Waals surface area contributed by atoms with E-state index in [0.29, 0.717) is 0 Å². The van der Waals surface area contributed by atoms with Crippen molar-refractivity contribution in [3.05, 3.63) is 84.4 Å². The first-order valence-electron chi connectivity index (χ1n) is 10.1. The van der Waals surface area contributed by atoms with Crippen LogP contribution in [0.25, 0.3) is 22.2 Å². The third kappa shape index (κ3) is 4.20. The van der Waals surface area contributed by atoms with Crippen molar-refractivity contribution in [2.75, 3.05) is 17.2 Å². The molecule has 5 nitrogen and oxygen atoms in total. The maximum absolute atomic E-state index is 5.57. The van der Waals surface area contributed by atoms with E-state index in [-0.39, 0.29) is 6.04 Å². The van der Waals surface area contributed by atoms with Gasteiger partial charge in [-0.2, -0.15) is 0 Å². The van der Waals surface area contributed by atoms with Crippen LogP contribution >= 0.6 is 0 Å². The summed E-state index contributed by atoms with van der Waals surface area (Å²) in [6.07, 6.45) is 3.63. The van der Waals surface area contributed by atoms with E-state index in [2.05, 4.69) is 64.4 Å². The quantitative estimate of drug-likeness (QED) is 0.359. The Bertz CT molecular complexity index is 1190. The highest BCUT2D eigenvalue weighted by Crippen LogP contribution is 2.28. The molecule has 0 aliphatic carbocycles. The highest BCUT2D eigenvalue weighted by Gasteiger charge is 2.11. The number of fused-ring (bicyclic) bond motifs is 1. The SMILES string of the molecule is C=CCNc1cccc(C(C)Nc2cc(-c3ccc4occ(C)c4c3)nc(C)n2)c1. The van der Waals surface area contributed by atoms with Gasteiger partial charge in [0.1, 0.15) is 17.2 Å². The number of benzene rings is 2. The Labute approximate surface area is 176 Å². The summed E-state index contributed by atoms with van der Waals surface area (Å²) in [5.41, 5.74) is 6.19. The van der Waals surface area contributed by atoms with E-state index in [1.165, 1.54) is 5.56 Å². The number of nitrogens with zero attached hydrogens (tertiary/aromatic N) is 2. The summed E-state index contributed by atoms with van der Waals surface area (Å²) in [5, 5.41) is 7.96. The summed E-state index contributed by atoms with van der Waals surface area (Å²) in [5.74, 6) is 1.53. The van der Waals surface area contributed by atoms with Gasteiger partial charge in [-0.3, -0.25) is 0 Å². The number of furan rings is 1. The van der Waals surface area contributed by atoms with Gasteiger partial charge in [-0.25, -0.2) is 9.97 Å². The van der Waals surface area contributed by atoms with Crippen LogP contribution < -0.4 is 10.6 Å². The van der Waals surface area contributed by atoms with Crippen LogP contribution in [-0.4, -0.2) is 16.5 Å². The molecule has 152 valence electrons. The highest BCUT2D eigenvalue weighted by molar-refractivity contribution is 5.85. The highest BCUT2D eigenvalue weighted by atomic mass is 16.3. The molecule has 0 bridgehead atoms. The molecule has 0 saturated carbocycles. The molecular weight excluding hydrogens is 372 g/mol. The summed E-state index contributed by atoms with van der Waals surface area (Å²) in [7, 11) is 0. The molecule has 1 atom stereocenters. The van der Waals surface area contributed by atoms with Gasteiger partial charge in [0.2, 0.25) is 0 Å². The molecule has 0 amide bonds. The van der Waals surface area contributed by atoms with E-state index in [1.54, 1.807) is 6.26 Å². The molecule has 2 aromatic carbocycles. The van der Waals surface area contributed by atoms with Crippen LogP contribution in [0.15, 0.2) is 71.9 Å². The van der Waals surface area contributed by atoms with Crippen molar-refractivity contribution in [1.29, 1.82) is 0 Å². The third-order valence-electron chi connectivity index (χ3n) is 5.10. The Morgan fingerprint density at radius 1 is 1.10 bits per heavy atom. The second kappa shape index (κ2) is 8.41. The summed E-state index contributed by atoms with van der Waals surface area (Å²) < 4.78 is 5.57. The van der Waals surface area contributed by atoms with E-state index >= 15 is 0 Å². The third-order valence-corrected chi connectivity index (χ3v) is 5.10. The van der Waals surface area contributed by atoms with Crippen LogP contribution in [0.5, 0.6) is 0 Å². The van der Waals surface area contributed by atoms with Gasteiger partial charge in [0.05, 0.1) is 18.0 Å². The summed E-state index contributed by atoms with van der Waals surface area (Å²) in [6.45, 7) is 10.6. The van der Waals surface area contributed by atoms with Crippen molar-refractivity contribution < 1.29 is 4.42 Å². The Morgan fingerprint density at radius 2 is 1.97 bits per heavy atom. The molecule has 0 aliphatic rings. The predicted octanol–water partition coefficient (Wildman–Crippen LogP) is 6.28. The minimum atomic E-state index is 0.0937. The van der Waals surface area contributed by atoms with Gasteiger partial charge in [-0.05, 0) is 62.2 Å². The molecule has 5 heteroatoms. The number of aromatic nitrogens is 2. The average Bonchev–Trinajstić information content (AvgIpc) is 3.12. The smallest absolute Gasteiger partial charge is 0.134 e. The fourth-order valence-corrected chi connectivity index (χ4v) is 3.52. The van der Waals surface area contributed by atoms with Gasteiger partial charge < -0.3 is 15.1 Å². The number of anilines is 2. The molecule has 0 saturated heterocycles. The van der Waals surface area contributed by atoms with E-state index in [1.807, 2.05) is 38.1 Å². The van der Waals surface area contributed by atoms with Gasteiger partial charge in [-0.15, -0.1) is 6.58 Å². The molecule has 0 radical (unpaired) electrons. The zero-order valence-corrected chi connectivity index (χ0v) is 17.6. The molecule has 2 heterocycles. The standard InChI is InChI=1S/C25H26N4O/c1-5-11-26-21-8-6-7-19(12-21)17(3)27-25-14-23(28-18(4)29-25)20-9-10-24-22(13-20)16(2)15-30-24/h5-10,12-15,17,26H,1,11H2,2-4H3,(H,27,28,29). The monoisotopic (exact) mass is 398 g/mol. The average molecular weight is 399 g/mol. The minimum Gasteiger partial charge on any atom is -0.464 e. The van der Waals surface area contributed by atoms with Crippen molar-refractivity contribution in [3.8, 4) is 11.3 Å². The lowest BCUT2D eigenvalue weighted by molar-refractivity contribution is 0.613. The van der Waals surface area contributed by atoms with Crippen LogP contribution in [0.1, 0.15) is 29.9 Å². The van der Waals surface area contributed by atoms with Crippen LogP contribution in [0, 0.1) is 13.8 Å². The van der Waals surface area contributed by atoms with Crippen LogP contribution in [0.3, 0.4) is 0 Å². The molecule has 2 N–H and O–H groups in total. The van der Waals surface area contributed by atoms with Crippen molar-refractivity contribution in [2.45, 2.75) is 26.8 Å². The molecule has 4 rings (SSSR count). The Balaban J connectivity index is 1.60. The van der Waals surface area contributed by atoms with E-state index < -0.39 is 0 Å². The van der Waals surface area contributed by atoms with Gasteiger partial charge in [0.15, 0.2) is 0 Å². The van der Waals surface area contributed by atoms with Gasteiger partial charge in [0, 0.05) is 29.2 Å². The summed E-state index contributed by atoms with van der Waals surface area (Å²) in [4.78, 5) is 9.25. The maximum atomic E-state index is 5.57. The zero-order valence-electron chi connectivity index (χ0n) is 17.6. The molecular formula is C25H26N4O. The molecule has 30 heavy (non-hydrogen) atoms. The van der Waals surface area contributed by atoms with E-state index in [4.69, 9.17) is 4.42 Å². The second-order valence-corrected chi connectivity index (χ2v) is 7.48. The van der Waals surface area contributed by atoms with Crippen molar-refractivity contribution in [3.63, 3.8) is 0 Å². The first-order valence-corrected chi connectivity index (χ1v) is 10.1. The Morgan fingerprint density at radius 3 is 2.80 bits per heavy atom.